The van der Waals surface area contributed by atoms with Gasteiger partial charge in [-0.25, -0.2) is 4.79 Å². The summed E-state index contributed by atoms with van der Waals surface area (Å²) in [5.74, 6) is -1.04. The van der Waals surface area contributed by atoms with Crippen LogP contribution >= 0.6 is 0 Å². The van der Waals surface area contributed by atoms with Crippen LogP contribution in [0.4, 0.5) is 5.69 Å². The topological polar surface area (TPSA) is 113 Å². The molecule has 92 valence electrons. The van der Waals surface area contributed by atoms with Crippen LogP contribution in [0.5, 0.6) is 5.75 Å². The molecular weight excluding hydrogens is 240 g/mol. The van der Waals surface area contributed by atoms with Crippen LogP contribution in [-0.4, -0.2) is 23.1 Å². The molecule has 0 aliphatic carbocycles. The number of nitrogens with zero attached hydrogens (tertiary/aromatic N) is 2. The van der Waals surface area contributed by atoms with E-state index in [1.165, 1.54) is 13.2 Å². The molecule has 7 heteroatoms. The number of carboxylic acid groups (broad SMARTS) is 1. The lowest BCUT2D eigenvalue weighted by Crippen LogP contribution is -1.98. The molecule has 0 amide bonds. The summed E-state index contributed by atoms with van der Waals surface area (Å²) >= 11 is 0. The summed E-state index contributed by atoms with van der Waals surface area (Å²) in [5.41, 5.74) is -0.572. The number of methoxy groups -OCH3 is 1. The number of nitro groups is 1. The summed E-state index contributed by atoms with van der Waals surface area (Å²) in [6.45, 7) is 0. The number of aliphatic carboxylic acids is 1. The largest absolute Gasteiger partial charge is 0.496 e. The van der Waals surface area contributed by atoms with Gasteiger partial charge in [0, 0.05) is 17.7 Å². The van der Waals surface area contributed by atoms with E-state index in [0.29, 0.717) is 0 Å². The monoisotopic (exact) mass is 248 g/mol. The van der Waals surface area contributed by atoms with Gasteiger partial charge in [0.1, 0.15) is 17.4 Å². The van der Waals surface area contributed by atoms with Crippen molar-refractivity contribution in [3.63, 3.8) is 0 Å². The number of benzene rings is 1. The molecule has 0 unspecified atom stereocenters. The number of hydrogen-bond acceptors (Lipinski definition) is 5. The zero-order valence-electron chi connectivity index (χ0n) is 9.28. The van der Waals surface area contributed by atoms with Crippen molar-refractivity contribution < 1.29 is 19.6 Å². The fourth-order valence-electron chi connectivity index (χ4n) is 1.36. The molecule has 0 aromatic heterocycles. The second-order valence-corrected chi connectivity index (χ2v) is 3.12. The van der Waals surface area contributed by atoms with Crippen molar-refractivity contribution in [2.45, 2.75) is 0 Å². The second kappa shape index (κ2) is 5.45. The Balaban J connectivity index is 3.52. The molecule has 0 aliphatic heterocycles. The maximum absolute atomic E-state index is 10.7. The van der Waals surface area contributed by atoms with Crippen molar-refractivity contribution in [2.75, 3.05) is 7.11 Å². The highest BCUT2D eigenvalue weighted by Gasteiger charge is 2.19. The van der Waals surface area contributed by atoms with Crippen LogP contribution in [0.3, 0.4) is 0 Å². The zero-order chi connectivity index (χ0) is 13.7. The lowest BCUT2D eigenvalue weighted by Gasteiger charge is -2.06. The third-order valence-corrected chi connectivity index (χ3v) is 2.10. The molecule has 0 aliphatic rings. The summed E-state index contributed by atoms with van der Waals surface area (Å²) in [5, 5.41) is 28.2. The van der Waals surface area contributed by atoms with Crippen molar-refractivity contribution in [1.82, 2.24) is 0 Å². The number of nitriles is 1. The van der Waals surface area contributed by atoms with E-state index in [1.54, 1.807) is 6.07 Å². The molecule has 0 heterocycles. The van der Waals surface area contributed by atoms with Crippen molar-refractivity contribution in [1.29, 1.82) is 5.26 Å². The van der Waals surface area contributed by atoms with Gasteiger partial charge in [-0.15, -0.1) is 0 Å². The summed E-state index contributed by atoms with van der Waals surface area (Å²) < 4.78 is 4.94. The first-order valence-corrected chi connectivity index (χ1v) is 4.67. The van der Waals surface area contributed by atoms with Crippen LogP contribution in [0.15, 0.2) is 18.2 Å². The fourth-order valence-corrected chi connectivity index (χ4v) is 1.36. The van der Waals surface area contributed by atoms with Gasteiger partial charge in [-0.3, -0.25) is 10.1 Å². The lowest BCUT2D eigenvalue weighted by molar-refractivity contribution is -0.385. The SMILES string of the molecule is COc1ccc([N+](=O)[O-])c(C#N)c1/C=C/C(=O)O. The second-order valence-electron chi connectivity index (χ2n) is 3.12. The molecule has 7 nitrogen and oxygen atoms in total. The lowest BCUT2D eigenvalue weighted by atomic mass is 10.0. The first kappa shape index (κ1) is 13.2. The van der Waals surface area contributed by atoms with Gasteiger partial charge in [0.05, 0.1) is 12.0 Å². The van der Waals surface area contributed by atoms with Gasteiger partial charge in [0.2, 0.25) is 0 Å². The minimum Gasteiger partial charge on any atom is -0.496 e. The summed E-state index contributed by atoms with van der Waals surface area (Å²) in [7, 11) is 1.32. The van der Waals surface area contributed by atoms with Crippen LogP contribution in [0.2, 0.25) is 0 Å². The van der Waals surface area contributed by atoms with E-state index in [9.17, 15) is 14.9 Å². The fraction of sp³-hybridized carbons (Fsp3) is 0.0909. The highest BCUT2D eigenvalue weighted by atomic mass is 16.6. The Labute approximate surface area is 102 Å². The van der Waals surface area contributed by atoms with E-state index < -0.39 is 16.6 Å². The first-order chi connectivity index (χ1) is 8.51. The van der Waals surface area contributed by atoms with E-state index in [0.717, 1.165) is 18.2 Å². The van der Waals surface area contributed by atoms with Crippen LogP contribution < -0.4 is 4.74 Å². The Kier molecular flexibility index (Phi) is 3.99. The number of carbonyl (C=O) groups is 1. The van der Waals surface area contributed by atoms with E-state index in [4.69, 9.17) is 15.1 Å². The normalized spacial score (nSPS) is 10.0. The first-order valence-electron chi connectivity index (χ1n) is 4.67. The minimum absolute atomic E-state index is 0.0663. The predicted octanol–water partition coefficient (Wildman–Crippen LogP) is 1.57. The van der Waals surface area contributed by atoms with E-state index >= 15 is 0 Å². The van der Waals surface area contributed by atoms with Crippen molar-refractivity contribution in [3.05, 3.63) is 39.4 Å². The molecule has 0 saturated carbocycles. The highest BCUT2D eigenvalue weighted by molar-refractivity contribution is 5.87. The average molecular weight is 248 g/mol. The number of nitro benzene ring substituents is 1. The number of ether oxygens (including phenoxy) is 1. The van der Waals surface area contributed by atoms with Crippen molar-refractivity contribution in [2.24, 2.45) is 0 Å². The maximum atomic E-state index is 10.7. The molecule has 0 radical (unpaired) electrons. The molecule has 0 fully saturated rings. The quantitative estimate of drug-likeness (QED) is 0.491. The summed E-state index contributed by atoms with van der Waals surface area (Å²) in [4.78, 5) is 20.5. The van der Waals surface area contributed by atoms with Crippen LogP contribution in [0.25, 0.3) is 6.08 Å². The standard InChI is InChI=1S/C11H8N2O5/c1-18-10-4-3-9(13(16)17)8(6-12)7(10)2-5-11(14)15/h2-5H,1H3,(H,14,15)/b5-2+. The zero-order valence-corrected chi connectivity index (χ0v) is 9.28. The number of rotatable bonds is 4. The van der Waals surface area contributed by atoms with E-state index in [2.05, 4.69) is 0 Å². The smallest absolute Gasteiger partial charge is 0.328 e. The summed E-state index contributed by atoms with van der Waals surface area (Å²) in [6.07, 6.45) is 1.87. The van der Waals surface area contributed by atoms with Gasteiger partial charge in [-0.1, -0.05) is 0 Å². The Morgan fingerprint density at radius 3 is 2.72 bits per heavy atom. The third-order valence-electron chi connectivity index (χ3n) is 2.10. The van der Waals surface area contributed by atoms with Crippen LogP contribution in [0, 0.1) is 21.4 Å². The molecule has 1 aromatic rings. The number of carboxylic acids is 1. The van der Waals surface area contributed by atoms with Gasteiger partial charge in [-0.05, 0) is 12.1 Å². The minimum atomic E-state index is -1.23. The molecule has 0 spiro atoms. The predicted molar refractivity (Wildman–Crippen MR) is 61.0 cm³/mol. The summed E-state index contributed by atoms with van der Waals surface area (Å²) in [6, 6.07) is 4.12. The maximum Gasteiger partial charge on any atom is 0.328 e. The molecule has 0 atom stereocenters. The van der Waals surface area contributed by atoms with Crippen molar-refractivity contribution in [3.8, 4) is 11.8 Å². The van der Waals surface area contributed by atoms with Gasteiger partial charge in [0.25, 0.3) is 5.69 Å². The Morgan fingerprint density at radius 2 is 2.28 bits per heavy atom. The number of hydrogen-bond donors (Lipinski definition) is 1. The molecule has 1 N–H and O–H groups in total. The van der Waals surface area contributed by atoms with Gasteiger partial charge in [-0.2, -0.15) is 5.26 Å². The Morgan fingerprint density at radius 1 is 1.61 bits per heavy atom. The molecule has 18 heavy (non-hydrogen) atoms. The molecule has 0 saturated heterocycles. The third kappa shape index (κ3) is 2.62. The average Bonchev–Trinajstić information content (AvgIpc) is 2.34. The molecule has 1 aromatic carbocycles. The Bertz CT molecular complexity index is 572. The van der Waals surface area contributed by atoms with Crippen molar-refractivity contribution >= 4 is 17.7 Å². The van der Waals surface area contributed by atoms with Gasteiger partial charge >= 0.3 is 5.97 Å². The molecule has 0 bridgehead atoms. The van der Waals surface area contributed by atoms with Crippen LogP contribution in [0.1, 0.15) is 11.1 Å². The van der Waals surface area contributed by atoms with E-state index in [-0.39, 0.29) is 16.9 Å². The van der Waals surface area contributed by atoms with Gasteiger partial charge < -0.3 is 9.84 Å². The van der Waals surface area contributed by atoms with Crippen LogP contribution in [-0.2, 0) is 4.79 Å². The highest BCUT2D eigenvalue weighted by Crippen LogP contribution is 2.30. The molecule has 1 rings (SSSR count). The van der Waals surface area contributed by atoms with E-state index in [1.807, 2.05) is 0 Å². The van der Waals surface area contributed by atoms with Gasteiger partial charge in [0.15, 0.2) is 0 Å². The Hall–Kier alpha value is -2.88. The molecular formula is C11H8N2O5.